The molecule has 2 heterocycles. The van der Waals surface area contributed by atoms with E-state index in [0.717, 1.165) is 23.4 Å². The predicted molar refractivity (Wildman–Crippen MR) is 123 cm³/mol. The predicted octanol–water partition coefficient (Wildman–Crippen LogP) is 4.01. The summed E-state index contributed by atoms with van der Waals surface area (Å²) in [5, 5.41) is 0. The van der Waals surface area contributed by atoms with Gasteiger partial charge in [0.25, 0.3) is 0 Å². The lowest BCUT2D eigenvalue weighted by molar-refractivity contribution is -0.137. The Hall–Kier alpha value is -3.17. The lowest BCUT2D eigenvalue weighted by Crippen LogP contribution is -2.44. The number of piperidine rings is 1. The summed E-state index contributed by atoms with van der Waals surface area (Å²) in [4.78, 5) is 19.3. The number of pyridine rings is 1. The SMILES string of the molecule is CN(C(=O)C1CCN(S(=O)(=O)c2ccc(F)c(F)c2)CC1)C(c1ccccc1)c1ccccn1. The zero-order valence-electron chi connectivity index (χ0n) is 18.6. The molecule has 2 aromatic carbocycles. The van der Waals surface area contributed by atoms with Crippen LogP contribution in [0.25, 0.3) is 0 Å². The third-order valence-electron chi connectivity index (χ3n) is 6.15. The van der Waals surface area contributed by atoms with Gasteiger partial charge >= 0.3 is 0 Å². The molecule has 1 atom stereocenters. The quantitative estimate of drug-likeness (QED) is 0.529. The van der Waals surface area contributed by atoms with E-state index < -0.39 is 21.7 Å². The van der Waals surface area contributed by atoms with Crippen LogP contribution in [0.1, 0.15) is 30.1 Å². The highest BCUT2D eigenvalue weighted by molar-refractivity contribution is 7.89. The minimum Gasteiger partial charge on any atom is -0.333 e. The van der Waals surface area contributed by atoms with Crippen molar-refractivity contribution in [3.05, 3.63) is 95.8 Å². The molecule has 0 saturated carbocycles. The van der Waals surface area contributed by atoms with E-state index in [1.54, 1.807) is 18.1 Å². The van der Waals surface area contributed by atoms with Crippen molar-refractivity contribution < 1.29 is 22.0 Å². The van der Waals surface area contributed by atoms with Crippen LogP contribution in [0.4, 0.5) is 8.78 Å². The van der Waals surface area contributed by atoms with Crippen LogP contribution in [0.15, 0.2) is 77.8 Å². The molecule has 9 heteroatoms. The van der Waals surface area contributed by atoms with Crippen LogP contribution in [-0.2, 0) is 14.8 Å². The molecule has 0 bridgehead atoms. The Morgan fingerprint density at radius 1 is 1.00 bits per heavy atom. The Bertz CT molecular complexity index is 1210. The third kappa shape index (κ3) is 4.85. The van der Waals surface area contributed by atoms with Crippen LogP contribution in [-0.4, -0.2) is 48.7 Å². The van der Waals surface area contributed by atoms with Gasteiger partial charge in [0.15, 0.2) is 11.6 Å². The first kappa shape index (κ1) is 24.0. The first-order valence-corrected chi connectivity index (χ1v) is 12.4. The summed E-state index contributed by atoms with van der Waals surface area (Å²) in [7, 11) is -2.25. The third-order valence-corrected chi connectivity index (χ3v) is 8.04. The second-order valence-corrected chi connectivity index (χ2v) is 10.2. The second-order valence-electron chi connectivity index (χ2n) is 8.27. The van der Waals surface area contributed by atoms with Gasteiger partial charge in [0.05, 0.1) is 16.6 Å². The van der Waals surface area contributed by atoms with Crippen LogP contribution in [0.5, 0.6) is 0 Å². The van der Waals surface area contributed by atoms with Crippen molar-refractivity contribution in [3.8, 4) is 0 Å². The van der Waals surface area contributed by atoms with Crippen molar-refractivity contribution in [3.63, 3.8) is 0 Å². The standard InChI is InChI=1S/C25H25F2N3O3S/c1-29(24(18-7-3-2-4-8-18)23-9-5-6-14-28-23)25(31)19-12-15-30(16-13-19)34(32,33)20-10-11-21(26)22(27)17-20/h2-11,14,17,19,24H,12-13,15-16H2,1H3. The van der Waals surface area contributed by atoms with E-state index in [1.165, 1.54) is 4.31 Å². The van der Waals surface area contributed by atoms with Gasteiger partial charge in [0, 0.05) is 32.3 Å². The molecule has 0 aliphatic carbocycles. The van der Waals surface area contributed by atoms with E-state index >= 15 is 0 Å². The highest BCUT2D eigenvalue weighted by Crippen LogP contribution is 2.31. The maximum Gasteiger partial charge on any atom is 0.243 e. The number of carbonyl (C=O) groups excluding carboxylic acids is 1. The number of carbonyl (C=O) groups is 1. The summed E-state index contributed by atoms with van der Waals surface area (Å²) < 4.78 is 53.8. The Labute approximate surface area is 197 Å². The van der Waals surface area contributed by atoms with Crippen molar-refractivity contribution >= 4 is 15.9 Å². The van der Waals surface area contributed by atoms with Gasteiger partial charge in [-0.05, 0) is 48.7 Å². The lowest BCUT2D eigenvalue weighted by atomic mass is 9.94. The van der Waals surface area contributed by atoms with Gasteiger partial charge in [-0.2, -0.15) is 4.31 Å². The molecule has 0 radical (unpaired) electrons. The normalized spacial score (nSPS) is 16.2. The molecule has 1 aliphatic rings. The minimum atomic E-state index is -3.98. The number of rotatable bonds is 6. The largest absolute Gasteiger partial charge is 0.333 e. The molecule has 6 nitrogen and oxygen atoms in total. The van der Waals surface area contributed by atoms with E-state index in [4.69, 9.17) is 0 Å². The zero-order valence-corrected chi connectivity index (χ0v) is 19.5. The van der Waals surface area contributed by atoms with Crippen LogP contribution < -0.4 is 0 Å². The summed E-state index contributed by atoms with van der Waals surface area (Å²) in [5.74, 6) is -2.78. The summed E-state index contributed by atoms with van der Waals surface area (Å²) in [6, 6.07) is 17.3. The first-order chi connectivity index (χ1) is 16.3. The van der Waals surface area contributed by atoms with E-state index in [9.17, 15) is 22.0 Å². The van der Waals surface area contributed by atoms with Gasteiger partial charge in [0.2, 0.25) is 15.9 Å². The summed E-state index contributed by atoms with van der Waals surface area (Å²) in [6.07, 6.45) is 2.34. The molecule has 1 unspecified atom stereocenters. The molecule has 1 aromatic heterocycles. The van der Waals surface area contributed by atoms with E-state index in [2.05, 4.69) is 4.98 Å². The maximum absolute atomic E-state index is 13.6. The Kier molecular flexibility index (Phi) is 7.04. The van der Waals surface area contributed by atoms with Crippen molar-refractivity contribution in [2.24, 2.45) is 5.92 Å². The summed E-state index contributed by atoms with van der Waals surface area (Å²) in [5.41, 5.74) is 1.67. The van der Waals surface area contributed by atoms with Crippen molar-refractivity contribution in [1.29, 1.82) is 0 Å². The van der Waals surface area contributed by atoms with Crippen LogP contribution in [0, 0.1) is 17.6 Å². The van der Waals surface area contributed by atoms with E-state index in [-0.39, 0.29) is 35.9 Å². The average Bonchev–Trinajstić information content (AvgIpc) is 2.86. The molecule has 178 valence electrons. The van der Waals surface area contributed by atoms with Gasteiger partial charge in [0.1, 0.15) is 0 Å². The van der Waals surface area contributed by atoms with Crippen molar-refractivity contribution in [2.75, 3.05) is 20.1 Å². The highest BCUT2D eigenvalue weighted by atomic mass is 32.2. The molecule has 4 rings (SSSR count). The highest BCUT2D eigenvalue weighted by Gasteiger charge is 2.35. The number of sulfonamides is 1. The van der Waals surface area contributed by atoms with Crippen molar-refractivity contribution in [1.82, 2.24) is 14.2 Å². The summed E-state index contributed by atoms with van der Waals surface area (Å²) >= 11 is 0. The fraction of sp³-hybridized carbons (Fsp3) is 0.280. The van der Waals surface area contributed by atoms with E-state index in [1.807, 2.05) is 48.5 Å². The van der Waals surface area contributed by atoms with E-state index in [0.29, 0.717) is 18.9 Å². The monoisotopic (exact) mass is 485 g/mol. The molecule has 0 spiro atoms. The molecule has 0 N–H and O–H groups in total. The van der Waals surface area contributed by atoms with Crippen LogP contribution >= 0.6 is 0 Å². The molecule has 1 aliphatic heterocycles. The molecule has 34 heavy (non-hydrogen) atoms. The number of nitrogens with zero attached hydrogens (tertiary/aromatic N) is 3. The molecule has 3 aromatic rings. The lowest BCUT2D eigenvalue weighted by Gasteiger charge is -2.35. The first-order valence-electron chi connectivity index (χ1n) is 11.0. The number of halogens is 2. The molecule has 1 fully saturated rings. The molecule has 1 amide bonds. The fourth-order valence-electron chi connectivity index (χ4n) is 4.31. The van der Waals surface area contributed by atoms with Gasteiger partial charge in [-0.1, -0.05) is 36.4 Å². The van der Waals surface area contributed by atoms with Crippen LogP contribution in [0.2, 0.25) is 0 Å². The maximum atomic E-state index is 13.6. The second kappa shape index (κ2) is 9.99. The topological polar surface area (TPSA) is 70.6 Å². The van der Waals surface area contributed by atoms with Gasteiger partial charge < -0.3 is 4.90 Å². The smallest absolute Gasteiger partial charge is 0.243 e. The number of hydrogen-bond donors (Lipinski definition) is 0. The molecule has 1 saturated heterocycles. The van der Waals surface area contributed by atoms with Gasteiger partial charge in [-0.25, -0.2) is 17.2 Å². The van der Waals surface area contributed by atoms with Gasteiger partial charge in [-0.3, -0.25) is 9.78 Å². The Morgan fingerprint density at radius 2 is 1.68 bits per heavy atom. The zero-order chi connectivity index (χ0) is 24.3. The molecular formula is C25H25F2N3O3S. The number of amides is 1. The van der Waals surface area contributed by atoms with Gasteiger partial charge in [-0.15, -0.1) is 0 Å². The summed E-state index contributed by atoms with van der Waals surface area (Å²) in [6.45, 7) is 0.232. The van der Waals surface area contributed by atoms with Crippen molar-refractivity contribution in [2.45, 2.75) is 23.8 Å². The number of aromatic nitrogens is 1. The average molecular weight is 486 g/mol. The minimum absolute atomic E-state index is 0.0932. The fourth-order valence-corrected chi connectivity index (χ4v) is 5.79. The Balaban J connectivity index is 1.49. The Morgan fingerprint density at radius 3 is 2.29 bits per heavy atom. The number of benzene rings is 2. The van der Waals surface area contributed by atoms with Crippen LogP contribution in [0.3, 0.4) is 0 Å². The number of hydrogen-bond acceptors (Lipinski definition) is 4. The molecular weight excluding hydrogens is 460 g/mol.